The zero-order valence-electron chi connectivity index (χ0n) is 17.2. The van der Waals surface area contributed by atoms with E-state index in [1.54, 1.807) is 24.3 Å². The highest BCUT2D eigenvalue weighted by atomic mass is 16.3. The summed E-state index contributed by atoms with van der Waals surface area (Å²) in [5.74, 6) is -0.819. The van der Waals surface area contributed by atoms with Crippen LogP contribution in [0.5, 0.6) is 23.0 Å². The number of hydrogen-bond donors (Lipinski definition) is 4. The second-order valence-electron chi connectivity index (χ2n) is 8.26. The quantitative estimate of drug-likeness (QED) is 0.290. The van der Waals surface area contributed by atoms with Crippen LogP contribution in [0.2, 0.25) is 0 Å². The van der Waals surface area contributed by atoms with Crippen molar-refractivity contribution in [3.05, 3.63) is 106 Å². The Morgan fingerprint density at radius 3 is 1.29 bits per heavy atom. The summed E-state index contributed by atoms with van der Waals surface area (Å²) in [7, 11) is 0. The fourth-order valence-electron chi connectivity index (χ4n) is 4.86. The Morgan fingerprint density at radius 1 is 0.484 bits per heavy atom. The van der Waals surface area contributed by atoms with Crippen LogP contribution < -0.4 is 0 Å². The van der Waals surface area contributed by atoms with Crippen molar-refractivity contribution in [2.75, 3.05) is 0 Å². The minimum absolute atomic E-state index is 0.196. The van der Waals surface area contributed by atoms with Gasteiger partial charge in [-0.05, 0) is 71.5 Å². The lowest BCUT2D eigenvalue weighted by atomic mass is 9.67. The number of hydrogen-bond acceptors (Lipinski definition) is 4. The van der Waals surface area contributed by atoms with Crippen molar-refractivity contribution >= 4 is 0 Å². The van der Waals surface area contributed by atoms with Gasteiger partial charge in [-0.2, -0.15) is 0 Å². The van der Waals surface area contributed by atoms with Crippen LogP contribution in [0.3, 0.4) is 0 Å². The summed E-state index contributed by atoms with van der Waals surface area (Å²) in [4.78, 5) is 0. The zero-order chi connectivity index (χ0) is 21.9. The van der Waals surface area contributed by atoms with Gasteiger partial charge in [0.2, 0.25) is 0 Å². The number of rotatable bonds is 2. The van der Waals surface area contributed by atoms with Gasteiger partial charge in [0, 0.05) is 0 Å². The molecule has 4 heteroatoms. The lowest BCUT2D eigenvalue weighted by Crippen LogP contribution is -2.28. The normalized spacial score (nSPS) is 13.6. The summed E-state index contributed by atoms with van der Waals surface area (Å²) in [6, 6.07) is 22.2. The van der Waals surface area contributed by atoms with Crippen molar-refractivity contribution in [1.29, 1.82) is 0 Å². The number of aryl methyl sites for hydroxylation is 2. The molecule has 0 unspecified atom stereocenters. The summed E-state index contributed by atoms with van der Waals surface area (Å²) < 4.78 is 0. The first-order valence-corrected chi connectivity index (χ1v) is 10.1. The lowest BCUT2D eigenvalue weighted by Gasteiger charge is -2.34. The van der Waals surface area contributed by atoms with Gasteiger partial charge in [-0.25, -0.2) is 0 Å². The monoisotopic (exact) mass is 410 g/mol. The van der Waals surface area contributed by atoms with Crippen LogP contribution in [0.25, 0.3) is 11.1 Å². The molecule has 4 N–H and O–H groups in total. The van der Waals surface area contributed by atoms with E-state index in [1.165, 1.54) is 12.1 Å². The Bertz CT molecular complexity index is 1250. The molecule has 0 spiro atoms. The highest BCUT2D eigenvalue weighted by Crippen LogP contribution is 2.57. The third kappa shape index (κ3) is 2.61. The van der Waals surface area contributed by atoms with E-state index >= 15 is 0 Å². The van der Waals surface area contributed by atoms with E-state index in [2.05, 4.69) is 38.1 Å². The highest BCUT2D eigenvalue weighted by Gasteiger charge is 2.46. The van der Waals surface area contributed by atoms with Gasteiger partial charge in [0.1, 0.15) is 0 Å². The molecular weight excluding hydrogens is 388 g/mol. The van der Waals surface area contributed by atoms with E-state index in [1.807, 2.05) is 12.1 Å². The SMILES string of the molecule is Cc1ccc2c(c1)-c1cc(C)ccc1C2(c1ccc(O)c(O)c1)c1ccc(O)c(O)c1. The molecule has 0 bridgehead atoms. The van der Waals surface area contributed by atoms with Gasteiger partial charge in [-0.1, -0.05) is 59.7 Å². The molecule has 154 valence electrons. The van der Waals surface area contributed by atoms with Crippen molar-refractivity contribution in [3.8, 4) is 34.1 Å². The second-order valence-corrected chi connectivity index (χ2v) is 8.26. The number of benzene rings is 4. The molecule has 4 aromatic rings. The molecule has 1 aliphatic carbocycles. The maximum absolute atomic E-state index is 10.4. The molecule has 0 radical (unpaired) electrons. The number of phenols is 4. The molecule has 0 fully saturated rings. The summed E-state index contributed by atoms with van der Waals surface area (Å²) in [5.41, 5.74) is 7.09. The van der Waals surface area contributed by atoms with Crippen LogP contribution in [0.15, 0.2) is 72.8 Å². The van der Waals surface area contributed by atoms with E-state index in [-0.39, 0.29) is 23.0 Å². The summed E-state index contributed by atoms with van der Waals surface area (Å²) >= 11 is 0. The average molecular weight is 410 g/mol. The predicted octanol–water partition coefficient (Wildman–Crippen LogP) is 5.49. The van der Waals surface area contributed by atoms with Gasteiger partial charge in [-0.3, -0.25) is 0 Å². The largest absolute Gasteiger partial charge is 0.504 e. The molecular formula is C27H22O4. The number of aromatic hydroxyl groups is 4. The molecule has 4 aromatic carbocycles. The van der Waals surface area contributed by atoms with Crippen molar-refractivity contribution in [1.82, 2.24) is 0 Å². The fourth-order valence-corrected chi connectivity index (χ4v) is 4.86. The minimum Gasteiger partial charge on any atom is -0.504 e. The van der Waals surface area contributed by atoms with Gasteiger partial charge >= 0.3 is 0 Å². The Kier molecular flexibility index (Phi) is 4.02. The molecule has 0 saturated heterocycles. The third-order valence-electron chi connectivity index (χ3n) is 6.27. The maximum atomic E-state index is 10.4. The molecule has 0 aliphatic heterocycles. The molecule has 0 heterocycles. The van der Waals surface area contributed by atoms with Crippen molar-refractivity contribution in [3.63, 3.8) is 0 Å². The zero-order valence-corrected chi connectivity index (χ0v) is 17.2. The molecule has 31 heavy (non-hydrogen) atoms. The minimum atomic E-state index is -0.845. The van der Waals surface area contributed by atoms with E-state index in [0.717, 1.165) is 44.5 Å². The number of phenolic OH excluding ortho intramolecular Hbond substituents is 4. The summed E-state index contributed by atoms with van der Waals surface area (Å²) in [6.07, 6.45) is 0. The van der Waals surface area contributed by atoms with Crippen molar-refractivity contribution in [2.45, 2.75) is 19.3 Å². The van der Waals surface area contributed by atoms with Crippen LogP contribution in [-0.4, -0.2) is 20.4 Å². The third-order valence-corrected chi connectivity index (χ3v) is 6.27. The van der Waals surface area contributed by atoms with Crippen LogP contribution >= 0.6 is 0 Å². The van der Waals surface area contributed by atoms with Gasteiger partial charge in [0.05, 0.1) is 5.41 Å². The van der Waals surface area contributed by atoms with Crippen molar-refractivity contribution in [2.24, 2.45) is 0 Å². The predicted molar refractivity (Wildman–Crippen MR) is 120 cm³/mol. The van der Waals surface area contributed by atoms with Gasteiger partial charge in [-0.15, -0.1) is 0 Å². The summed E-state index contributed by atoms with van der Waals surface area (Å²) in [5, 5.41) is 40.7. The molecule has 0 amide bonds. The molecule has 0 atom stereocenters. The molecule has 5 rings (SSSR count). The molecule has 0 aromatic heterocycles. The van der Waals surface area contributed by atoms with E-state index < -0.39 is 5.41 Å². The van der Waals surface area contributed by atoms with Crippen molar-refractivity contribution < 1.29 is 20.4 Å². The van der Waals surface area contributed by atoms with E-state index in [9.17, 15) is 20.4 Å². The summed E-state index contributed by atoms with van der Waals surface area (Å²) in [6.45, 7) is 4.10. The van der Waals surface area contributed by atoms with Crippen LogP contribution in [-0.2, 0) is 5.41 Å². The maximum Gasteiger partial charge on any atom is 0.157 e. The first kappa shape index (κ1) is 19.1. The van der Waals surface area contributed by atoms with Gasteiger partial charge < -0.3 is 20.4 Å². The molecule has 1 aliphatic rings. The number of fused-ring (bicyclic) bond motifs is 3. The second kappa shape index (κ2) is 6.54. The van der Waals surface area contributed by atoms with Gasteiger partial charge in [0.25, 0.3) is 0 Å². The highest BCUT2D eigenvalue weighted by molar-refractivity contribution is 5.87. The molecule has 4 nitrogen and oxygen atoms in total. The first-order valence-electron chi connectivity index (χ1n) is 10.1. The Morgan fingerprint density at radius 2 is 0.903 bits per heavy atom. The topological polar surface area (TPSA) is 80.9 Å². The fraction of sp³-hybridized carbons (Fsp3) is 0.111. The Hall–Kier alpha value is -3.92. The molecule has 0 saturated carbocycles. The van der Waals surface area contributed by atoms with E-state index in [0.29, 0.717) is 0 Å². The van der Waals surface area contributed by atoms with Crippen LogP contribution in [0, 0.1) is 13.8 Å². The van der Waals surface area contributed by atoms with E-state index in [4.69, 9.17) is 0 Å². The van der Waals surface area contributed by atoms with Gasteiger partial charge in [0.15, 0.2) is 23.0 Å². The van der Waals surface area contributed by atoms with Crippen LogP contribution in [0.1, 0.15) is 33.4 Å². The lowest BCUT2D eigenvalue weighted by molar-refractivity contribution is 0.401. The Balaban J connectivity index is 1.98. The standard InChI is InChI=1S/C27H22O4/c1-15-3-7-21-19(11-15)20-12-16(2)4-8-22(20)27(21,17-5-9-23(28)25(30)13-17)18-6-10-24(29)26(31)14-18/h3-14,28-31H,1-2H3. The Labute approximate surface area is 180 Å². The first-order chi connectivity index (χ1) is 14.8. The smallest absolute Gasteiger partial charge is 0.157 e. The van der Waals surface area contributed by atoms with Crippen LogP contribution in [0.4, 0.5) is 0 Å². The average Bonchev–Trinajstić information content (AvgIpc) is 3.02.